The number of furan rings is 1. The van der Waals surface area contributed by atoms with Crippen molar-refractivity contribution in [1.29, 1.82) is 0 Å². The monoisotopic (exact) mass is 375 g/mol. The van der Waals surface area contributed by atoms with Crippen molar-refractivity contribution < 1.29 is 9.21 Å². The average Bonchev–Trinajstić information content (AvgIpc) is 3.16. The average molecular weight is 376 g/mol. The van der Waals surface area contributed by atoms with Crippen LogP contribution in [-0.2, 0) is 11.2 Å². The van der Waals surface area contributed by atoms with E-state index in [-0.39, 0.29) is 11.9 Å². The van der Waals surface area contributed by atoms with Gasteiger partial charge in [0.05, 0.1) is 12.3 Å². The number of benzene rings is 1. The van der Waals surface area contributed by atoms with Gasteiger partial charge in [0.25, 0.3) is 0 Å². The molecule has 3 rings (SSSR count). The Bertz CT molecular complexity index is 680. The molecule has 1 unspecified atom stereocenters. The summed E-state index contributed by atoms with van der Waals surface area (Å²) in [5.74, 6) is 0.892. The standard InChI is InChI=1S/C20H26ClN3O2/c1-23-10-12-24(13-11-23)19(16-4-6-17(21)7-5-16)15-22-20(25)9-8-18-3-2-14-26-18/h2-7,14,19H,8-13,15H2,1H3,(H,22,25). The molecule has 1 amide bonds. The summed E-state index contributed by atoms with van der Waals surface area (Å²) in [6.07, 6.45) is 2.69. The van der Waals surface area contributed by atoms with Gasteiger partial charge in [-0.2, -0.15) is 0 Å². The highest BCUT2D eigenvalue weighted by molar-refractivity contribution is 6.30. The molecule has 0 radical (unpaired) electrons. The minimum absolute atomic E-state index is 0.0505. The highest BCUT2D eigenvalue weighted by Gasteiger charge is 2.24. The number of hydrogen-bond donors (Lipinski definition) is 1. The van der Waals surface area contributed by atoms with E-state index in [9.17, 15) is 4.79 Å². The molecule has 2 aromatic rings. The first kappa shape index (κ1) is 19.0. The highest BCUT2D eigenvalue weighted by atomic mass is 35.5. The number of halogens is 1. The molecule has 26 heavy (non-hydrogen) atoms. The molecule has 1 fully saturated rings. The van der Waals surface area contributed by atoms with Crippen LogP contribution in [0.25, 0.3) is 0 Å². The minimum Gasteiger partial charge on any atom is -0.469 e. The third-order valence-electron chi connectivity index (χ3n) is 4.90. The summed E-state index contributed by atoms with van der Waals surface area (Å²) in [4.78, 5) is 17.0. The lowest BCUT2D eigenvalue weighted by Crippen LogP contribution is -2.48. The number of carbonyl (C=O) groups excluding carboxylic acids is 1. The first-order chi connectivity index (χ1) is 12.6. The molecule has 0 saturated carbocycles. The Morgan fingerprint density at radius 1 is 1.19 bits per heavy atom. The Hall–Kier alpha value is -1.82. The van der Waals surface area contributed by atoms with Crippen LogP contribution in [0.2, 0.25) is 5.02 Å². The molecule has 5 nitrogen and oxygen atoms in total. The lowest BCUT2D eigenvalue weighted by atomic mass is 10.0. The van der Waals surface area contributed by atoms with Gasteiger partial charge in [-0.05, 0) is 36.9 Å². The normalized spacial score (nSPS) is 17.2. The van der Waals surface area contributed by atoms with Crippen molar-refractivity contribution in [3.8, 4) is 0 Å². The van der Waals surface area contributed by atoms with E-state index in [1.165, 1.54) is 5.56 Å². The zero-order valence-electron chi connectivity index (χ0n) is 15.2. The predicted molar refractivity (Wildman–Crippen MR) is 103 cm³/mol. The summed E-state index contributed by atoms with van der Waals surface area (Å²) in [6, 6.07) is 11.8. The van der Waals surface area contributed by atoms with Crippen molar-refractivity contribution >= 4 is 17.5 Å². The van der Waals surface area contributed by atoms with Crippen LogP contribution in [0.1, 0.15) is 23.8 Å². The smallest absolute Gasteiger partial charge is 0.220 e. The molecule has 0 bridgehead atoms. The molecule has 1 aromatic carbocycles. The maximum absolute atomic E-state index is 12.3. The van der Waals surface area contributed by atoms with Crippen LogP contribution in [0, 0.1) is 0 Å². The maximum atomic E-state index is 12.3. The van der Waals surface area contributed by atoms with Gasteiger partial charge in [-0.3, -0.25) is 9.69 Å². The molecule has 1 atom stereocenters. The molecule has 1 aromatic heterocycles. The Morgan fingerprint density at radius 3 is 2.58 bits per heavy atom. The topological polar surface area (TPSA) is 48.7 Å². The van der Waals surface area contributed by atoms with Crippen molar-refractivity contribution in [3.05, 3.63) is 59.0 Å². The first-order valence-corrected chi connectivity index (χ1v) is 9.47. The number of aryl methyl sites for hydroxylation is 1. The molecule has 1 N–H and O–H groups in total. The van der Waals surface area contributed by atoms with Crippen LogP contribution in [0.4, 0.5) is 0 Å². The van der Waals surface area contributed by atoms with Gasteiger partial charge in [-0.15, -0.1) is 0 Å². The van der Waals surface area contributed by atoms with E-state index in [1.807, 2.05) is 24.3 Å². The lowest BCUT2D eigenvalue weighted by Gasteiger charge is -2.38. The summed E-state index contributed by atoms with van der Waals surface area (Å²) < 4.78 is 5.29. The van der Waals surface area contributed by atoms with Crippen molar-refractivity contribution in [3.63, 3.8) is 0 Å². The summed E-state index contributed by atoms with van der Waals surface area (Å²) in [7, 11) is 2.14. The van der Waals surface area contributed by atoms with Crippen molar-refractivity contribution in [2.75, 3.05) is 39.8 Å². The highest BCUT2D eigenvalue weighted by Crippen LogP contribution is 2.23. The van der Waals surface area contributed by atoms with E-state index < -0.39 is 0 Å². The minimum atomic E-state index is 0.0505. The van der Waals surface area contributed by atoms with Gasteiger partial charge < -0.3 is 14.6 Å². The molecule has 140 valence electrons. The number of nitrogens with one attached hydrogen (secondary N) is 1. The molecule has 0 spiro atoms. The quantitative estimate of drug-likeness (QED) is 0.808. The van der Waals surface area contributed by atoms with Gasteiger partial charge in [0.1, 0.15) is 5.76 Å². The fourth-order valence-corrected chi connectivity index (χ4v) is 3.39. The first-order valence-electron chi connectivity index (χ1n) is 9.09. The summed E-state index contributed by atoms with van der Waals surface area (Å²) in [5, 5.41) is 3.83. The molecular formula is C20H26ClN3O2. The van der Waals surface area contributed by atoms with E-state index >= 15 is 0 Å². The largest absolute Gasteiger partial charge is 0.469 e. The fraction of sp³-hybridized carbons (Fsp3) is 0.450. The van der Waals surface area contributed by atoms with Crippen LogP contribution in [0.3, 0.4) is 0 Å². The Labute approximate surface area is 159 Å². The van der Waals surface area contributed by atoms with Gasteiger partial charge in [0, 0.05) is 50.6 Å². The fourth-order valence-electron chi connectivity index (χ4n) is 3.27. The number of carbonyl (C=O) groups is 1. The molecule has 6 heteroatoms. The molecule has 0 aliphatic carbocycles. The van der Waals surface area contributed by atoms with Crippen LogP contribution in [-0.4, -0.2) is 55.5 Å². The second kappa shape index (κ2) is 9.21. The van der Waals surface area contributed by atoms with Crippen molar-refractivity contribution in [2.45, 2.75) is 18.9 Å². The molecule has 1 aliphatic rings. The van der Waals surface area contributed by atoms with Crippen LogP contribution in [0.15, 0.2) is 47.1 Å². The Kier molecular flexibility index (Phi) is 6.72. The second-order valence-electron chi connectivity index (χ2n) is 6.79. The number of amides is 1. The Morgan fingerprint density at radius 2 is 1.92 bits per heavy atom. The van der Waals surface area contributed by atoms with E-state index in [0.29, 0.717) is 19.4 Å². The zero-order valence-corrected chi connectivity index (χ0v) is 15.9. The second-order valence-corrected chi connectivity index (χ2v) is 7.23. The van der Waals surface area contributed by atoms with Gasteiger partial charge in [-0.25, -0.2) is 0 Å². The van der Waals surface area contributed by atoms with Gasteiger partial charge in [0.15, 0.2) is 0 Å². The third-order valence-corrected chi connectivity index (χ3v) is 5.16. The van der Waals surface area contributed by atoms with Gasteiger partial charge >= 0.3 is 0 Å². The number of likely N-dealkylation sites (N-methyl/N-ethyl adjacent to an activating group) is 1. The van der Waals surface area contributed by atoms with Crippen LogP contribution < -0.4 is 5.32 Å². The van der Waals surface area contributed by atoms with Crippen LogP contribution in [0.5, 0.6) is 0 Å². The summed E-state index contributed by atoms with van der Waals surface area (Å²) in [5.41, 5.74) is 1.19. The summed E-state index contributed by atoms with van der Waals surface area (Å²) in [6.45, 7) is 4.66. The van der Waals surface area contributed by atoms with E-state index in [2.05, 4.69) is 34.3 Å². The number of rotatable bonds is 7. The van der Waals surface area contributed by atoms with Gasteiger partial charge in [0.2, 0.25) is 5.91 Å². The lowest BCUT2D eigenvalue weighted by molar-refractivity contribution is -0.121. The molecule has 1 aliphatic heterocycles. The summed E-state index contributed by atoms with van der Waals surface area (Å²) >= 11 is 6.04. The number of nitrogens with zero attached hydrogens (tertiary/aromatic N) is 2. The van der Waals surface area contributed by atoms with Gasteiger partial charge in [-0.1, -0.05) is 23.7 Å². The van der Waals surface area contributed by atoms with E-state index in [0.717, 1.165) is 37.0 Å². The maximum Gasteiger partial charge on any atom is 0.220 e. The predicted octanol–water partition coefficient (Wildman–Crippen LogP) is 2.97. The Balaban J connectivity index is 1.59. The number of piperazine rings is 1. The van der Waals surface area contributed by atoms with Crippen LogP contribution >= 0.6 is 11.6 Å². The SMILES string of the molecule is CN1CCN(C(CNC(=O)CCc2ccco2)c2ccc(Cl)cc2)CC1. The zero-order chi connectivity index (χ0) is 18.4. The molecule has 1 saturated heterocycles. The third kappa shape index (κ3) is 5.34. The molecule has 2 heterocycles. The van der Waals surface area contributed by atoms with Crippen molar-refractivity contribution in [2.24, 2.45) is 0 Å². The van der Waals surface area contributed by atoms with E-state index in [1.54, 1.807) is 6.26 Å². The number of hydrogen-bond acceptors (Lipinski definition) is 4. The van der Waals surface area contributed by atoms with E-state index in [4.69, 9.17) is 16.0 Å². The molecular weight excluding hydrogens is 350 g/mol. The van der Waals surface area contributed by atoms with Crippen molar-refractivity contribution in [1.82, 2.24) is 15.1 Å².